The van der Waals surface area contributed by atoms with Gasteiger partial charge in [0, 0.05) is 12.6 Å². The second-order valence-electron chi connectivity index (χ2n) is 5.01. The van der Waals surface area contributed by atoms with Crippen LogP contribution in [0.15, 0.2) is 30.3 Å². The van der Waals surface area contributed by atoms with Gasteiger partial charge >= 0.3 is 0 Å². The summed E-state index contributed by atoms with van der Waals surface area (Å²) in [5, 5.41) is 10.1. The Kier molecular flexibility index (Phi) is 11.0. The lowest BCUT2D eigenvalue weighted by atomic mass is 10.2. The number of aromatic nitrogens is 2. The van der Waals surface area contributed by atoms with Crippen molar-refractivity contribution in [3.8, 4) is 0 Å². The quantitative estimate of drug-likeness (QED) is 0.226. The first-order chi connectivity index (χ1) is 10.9. The number of hydrogen-bond donors (Lipinski definition) is 3. The van der Waals surface area contributed by atoms with Crippen LogP contribution in [0, 0.1) is 0 Å². The maximum atomic E-state index is 10.1. The lowest BCUT2D eigenvalue weighted by molar-refractivity contribution is -0.696. The summed E-state index contributed by atoms with van der Waals surface area (Å²) < 4.78 is 4.13. The minimum Gasteiger partial charge on any atom is -0.548 e. The molecule has 1 aromatic rings. The highest BCUT2D eigenvalue weighted by atomic mass is 16.4. The van der Waals surface area contributed by atoms with E-state index in [1.54, 1.807) is 6.20 Å². The molecule has 0 radical (unpaired) electrons. The number of aliphatic carboxylic acids is 1. The smallest absolute Gasteiger partial charge is 0.248 e. The van der Waals surface area contributed by atoms with Crippen molar-refractivity contribution in [2.75, 3.05) is 6.54 Å². The first-order valence-corrected chi connectivity index (χ1v) is 7.61. The summed E-state index contributed by atoms with van der Waals surface area (Å²) in [4.78, 5) is 13.8. The second-order valence-corrected chi connectivity index (χ2v) is 5.01. The van der Waals surface area contributed by atoms with Crippen LogP contribution >= 0.6 is 0 Å². The van der Waals surface area contributed by atoms with Gasteiger partial charge < -0.3 is 27.1 Å². The number of carboxylic acids is 1. The van der Waals surface area contributed by atoms with Crippen LogP contribution in [-0.2, 0) is 11.3 Å². The lowest BCUT2D eigenvalue weighted by Crippen LogP contribution is -2.41. The van der Waals surface area contributed by atoms with E-state index in [2.05, 4.69) is 29.3 Å². The first-order valence-electron chi connectivity index (χ1n) is 7.61. The molecule has 1 rings (SSSR count). The molecule has 0 fully saturated rings. The van der Waals surface area contributed by atoms with Gasteiger partial charge in [-0.05, 0) is 19.3 Å². The third-order valence-electron chi connectivity index (χ3n) is 2.96. The minimum absolute atomic E-state index is 0.00276. The van der Waals surface area contributed by atoms with Crippen LogP contribution in [-0.4, -0.2) is 29.1 Å². The van der Waals surface area contributed by atoms with Crippen molar-refractivity contribution in [3.63, 3.8) is 0 Å². The zero-order valence-corrected chi connectivity index (χ0v) is 13.7. The van der Waals surface area contributed by atoms with E-state index in [9.17, 15) is 9.90 Å². The van der Waals surface area contributed by atoms with Gasteiger partial charge in [-0.15, -0.1) is 0 Å². The third-order valence-corrected chi connectivity index (χ3v) is 2.96. The van der Waals surface area contributed by atoms with Gasteiger partial charge in [-0.1, -0.05) is 19.9 Å². The molecule has 0 aliphatic heterocycles. The highest BCUT2D eigenvalue weighted by Crippen LogP contribution is 1.93. The fourth-order valence-electron chi connectivity index (χ4n) is 1.63. The first kappa shape index (κ1) is 20.6. The molecule has 6 N–H and O–H groups in total. The molecule has 8 nitrogen and oxygen atoms in total. The number of rotatable bonds is 9. The molecule has 1 atom stereocenters. The summed E-state index contributed by atoms with van der Waals surface area (Å²) in [6, 6.07) is -0.931. The van der Waals surface area contributed by atoms with Crippen LogP contribution in [0.4, 0.5) is 0 Å². The third kappa shape index (κ3) is 10.9. The standard InChI is InChI=1S/C9H15N2.C6H14N4O2/c1-3-5-6-11-8-7-10(4-2)9-11;7-4(5(11)12)2-1-3-10-6(8)9/h4,7-9H,2-3,5-6H2,1H3;4H,1-3,7H2,(H,11,12)(H4,8,9,10)/q+1;/p-1/t;4-/m.0/s1. The molecule has 0 saturated carbocycles. The van der Waals surface area contributed by atoms with E-state index in [1.165, 1.54) is 12.8 Å². The van der Waals surface area contributed by atoms with Crippen LogP contribution in [0.25, 0.3) is 6.20 Å². The topological polar surface area (TPSA) is 139 Å². The van der Waals surface area contributed by atoms with Gasteiger partial charge in [-0.2, -0.15) is 0 Å². The number of carbonyl (C=O) groups excluding carboxylic acids is 1. The van der Waals surface area contributed by atoms with E-state index >= 15 is 0 Å². The summed E-state index contributed by atoms with van der Waals surface area (Å²) in [6.07, 6.45) is 11.2. The average Bonchev–Trinajstić information content (AvgIpc) is 2.97. The Morgan fingerprint density at radius 1 is 1.48 bits per heavy atom. The van der Waals surface area contributed by atoms with Crippen molar-refractivity contribution >= 4 is 18.1 Å². The Morgan fingerprint density at radius 2 is 2.17 bits per heavy atom. The van der Waals surface area contributed by atoms with Gasteiger partial charge in [-0.25, -0.2) is 9.13 Å². The van der Waals surface area contributed by atoms with Crippen molar-refractivity contribution in [2.24, 2.45) is 22.2 Å². The maximum Gasteiger partial charge on any atom is 0.248 e. The van der Waals surface area contributed by atoms with E-state index in [0.717, 1.165) is 6.54 Å². The molecule has 23 heavy (non-hydrogen) atoms. The molecule has 0 unspecified atom stereocenters. The van der Waals surface area contributed by atoms with Crippen LogP contribution in [0.2, 0.25) is 0 Å². The molecule has 0 aromatic carbocycles. The van der Waals surface area contributed by atoms with Crippen molar-refractivity contribution in [3.05, 3.63) is 25.3 Å². The predicted molar refractivity (Wildman–Crippen MR) is 88.8 cm³/mol. The fraction of sp³-hybridized carbons (Fsp3) is 0.533. The summed E-state index contributed by atoms with van der Waals surface area (Å²) in [5.74, 6) is -1.25. The molecule has 0 aliphatic rings. The van der Waals surface area contributed by atoms with Crippen LogP contribution < -0.4 is 26.9 Å². The van der Waals surface area contributed by atoms with Gasteiger partial charge in [0.2, 0.25) is 6.33 Å². The summed E-state index contributed by atoms with van der Waals surface area (Å²) >= 11 is 0. The zero-order valence-electron chi connectivity index (χ0n) is 13.7. The fourth-order valence-corrected chi connectivity index (χ4v) is 1.63. The molecule has 0 aliphatic carbocycles. The minimum atomic E-state index is -1.25. The molecule has 130 valence electrons. The van der Waals surface area contributed by atoms with Crippen LogP contribution in [0.3, 0.4) is 0 Å². The highest BCUT2D eigenvalue weighted by molar-refractivity contribution is 5.75. The van der Waals surface area contributed by atoms with E-state index in [0.29, 0.717) is 19.4 Å². The number of hydrogen-bond acceptors (Lipinski definition) is 4. The number of carboxylic acid groups (broad SMARTS) is 1. The molecule has 0 spiro atoms. The summed E-state index contributed by atoms with van der Waals surface area (Å²) in [5.41, 5.74) is 15.2. The highest BCUT2D eigenvalue weighted by Gasteiger charge is 2.01. The van der Waals surface area contributed by atoms with E-state index < -0.39 is 12.0 Å². The van der Waals surface area contributed by atoms with Crippen molar-refractivity contribution in [1.29, 1.82) is 0 Å². The second kappa shape index (κ2) is 12.2. The number of aryl methyl sites for hydroxylation is 1. The van der Waals surface area contributed by atoms with E-state index in [4.69, 9.17) is 17.2 Å². The van der Waals surface area contributed by atoms with Gasteiger partial charge in [0.1, 0.15) is 12.4 Å². The summed E-state index contributed by atoms with van der Waals surface area (Å²) in [6.45, 7) is 7.37. The lowest BCUT2D eigenvalue weighted by Gasteiger charge is -2.10. The van der Waals surface area contributed by atoms with Crippen molar-refractivity contribution in [2.45, 2.75) is 45.2 Å². The Morgan fingerprint density at radius 3 is 2.65 bits per heavy atom. The normalized spacial score (nSPS) is 11.0. The van der Waals surface area contributed by atoms with E-state index in [1.807, 2.05) is 17.1 Å². The number of aliphatic imine (C=N–C) groups is 1. The number of guanidine groups is 1. The van der Waals surface area contributed by atoms with Crippen LogP contribution in [0.5, 0.6) is 0 Å². The van der Waals surface area contributed by atoms with Crippen LogP contribution in [0.1, 0.15) is 32.6 Å². The Bertz CT molecular complexity index is 494. The molecule has 1 heterocycles. The largest absolute Gasteiger partial charge is 0.548 e. The number of nitrogens with two attached hydrogens (primary N) is 3. The Labute approximate surface area is 137 Å². The molecule has 0 bridgehead atoms. The molecular formula is C15H28N6O2. The molecule has 1 aromatic heterocycles. The predicted octanol–water partition coefficient (Wildman–Crippen LogP) is -1.21. The van der Waals surface area contributed by atoms with Crippen molar-refractivity contribution < 1.29 is 14.5 Å². The molecule has 0 saturated heterocycles. The van der Waals surface area contributed by atoms with Gasteiger partial charge in [0.05, 0.1) is 18.7 Å². The van der Waals surface area contributed by atoms with Gasteiger partial charge in [0.25, 0.3) is 0 Å². The SMILES string of the molecule is C=Cn1cc[n+](CCCC)c1.NC(N)=NCCC[C@H](N)C(=O)[O-]. The Hall–Kier alpha value is -2.35. The van der Waals surface area contributed by atoms with Crippen molar-refractivity contribution in [1.82, 2.24) is 4.57 Å². The maximum absolute atomic E-state index is 10.1. The molecular weight excluding hydrogens is 296 g/mol. The average molecular weight is 324 g/mol. The number of imidazole rings is 1. The number of carbonyl (C=O) groups is 1. The molecule has 0 amide bonds. The molecule has 8 heteroatoms. The van der Waals surface area contributed by atoms with E-state index in [-0.39, 0.29) is 5.96 Å². The number of unbranched alkanes of at least 4 members (excludes halogenated alkanes) is 1. The number of nitrogens with zero attached hydrogens (tertiary/aromatic N) is 3. The zero-order chi connectivity index (χ0) is 17.7. The van der Waals surface area contributed by atoms with Gasteiger partial charge in [-0.3, -0.25) is 4.99 Å². The Balaban J connectivity index is 0.000000422. The van der Waals surface area contributed by atoms with Gasteiger partial charge in [0.15, 0.2) is 5.96 Å². The summed E-state index contributed by atoms with van der Waals surface area (Å²) in [7, 11) is 0. The monoisotopic (exact) mass is 324 g/mol.